The number of hydrogen-bond acceptors (Lipinski definition) is 2. The minimum Gasteiger partial charge on any atom is -0.336 e. The highest BCUT2D eigenvalue weighted by atomic mass is 127. The van der Waals surface area contributed by atoms with E-state index < -0.39 is 0 Å². The third kappa shape index (κ3) is 2.81. The Hall–Kier alpha value is -0.330. The van der Waals surface area contributed by atoms with Crippen molar-refractivity contribution in [3.63, 3.8) is 0 Å². The Morgan fingerprint density at radius 2 is 2.33 bits per heavy atom. The molecule has 1 aliphatic rings. The minimum atomic E-state index is 0.0605. The molecule has 98 valence electrons. The monoisotopic (exact) mass is 378 g/mol. The summed E-state index contributed by atoms with van der Waals surface area (Å²) in [4.78, 5) is 14.4. The van der Waals surface area contributed by atoms with Gasteiger partial charge < -0.3 is 10.6 Å². The van der Waals surface area contributed by atoms with Crippen molar-refractivity contribution in [2.45, 2.75) is 19.4 Å². The van der Waals surface area contributed by atoms with E-state index in [-0.39, 0.29) is 11.9 Å². The van der Waals surface area contributed by atoms with Crippen LogP contribution < -0.4 is 5.73 Å². The van der Waals surface area contributed by atoms with Gasteiger partial charge in [0.2, 0.25) is 0 Å². The molecule has 0 saturated carbocycles. The van der Waals surface area contributed by atoms with Gasteiger partial charge in [-0.3, -0.25) is 4.79 Å². The quantitative estimate of drug-likeness (QED) is 0.805. The fraction of sp³-hybridized carbons (Fsp3) is 0.462. The molecular weight excluding hydrogens is 363 g/mol. The van der Waals surface area contributed by atoms with E-state index in [0.717, 1.165) is 16.5 Å². The molecule has 2 rings (SSSR count). The van der Waals surface area contributed by atoms with Crippen LogP contribution in [0.1, 0.15) is 23.7 Å². The maximum atomic E-state index is 12.5. The van der Waals surface area contributed by atoms with E-state index in [1.54, 1.807) is 12.1 Å². The summed E-state index contributed by atoms with van der Waals surface area (Å²) in [6, 6.07) is 5.67. The summed E-state index contributed by atoms with van der Waals surface area (Å²) in [7, 11) is 0. The van der Waals surface area contributed by atoms with Gasteiger partial charge in [0.25, 0.3) is 5.91 Å². The number of carbonyl (C=O) groups excluding carboxylic acids is 1. The van der Waals surface area contributed by atoms with E-state index in [2.05, 4.69) is 29.5 Å². The van der Waals surface area contributed by atoms with Crippen molar-refractivity contribution in [3.8, 4) is 0 Å². The molecule has 2 unspecified atom stereocenters. The van der Waals surface area contributed by atoms with Gasteiger partial charge in [-0.15, -0.1) is 0 Å². The first kappa shape index (κ1) is 14.1. The molecule has 1 fully saturated rings. The van der Waals surface area contributed by atoms with E-state index in [0.29, 0.717) is 23.0 Å². The van der Waals surface area contributed by atoms with Crippen LogP contribution in [0.3, 0.4) is 0 Å². The third-order valence-electron chi connectivity index (χ3n) is 3.41. The van der Waals surface area contributed by atoms with Crippen LogP contribution in [0, 0.1) is 9.49 Å². The number of rotatable bonds is 2. The average Bonchev–Trinajstić information content (AvgIpc) is 2.73. The number of benzene rings is 1. The maximum absolute atomic E-state index is 12.5. The van der Waals surface area contributed by atoms with Crippen LogP contribution in [0.2, 0.25) is 5.02 Å². The predicted octanol–water partition coefficient (Wildman–Crippen LogP) is 2.75. The molecule has 5 heteroatoms. The first-order valence-electron chi connectivity index (χ1n) is 5.99. The molecule has 1 heterocycles. The average molecular weight is 379 g/mol. The summed E-state index contributed by atoms with van der Waals surface area (Å²) in [5.74, 6) is 0.478. The van der Waals surface area contributed by atoms with Crippen molar-refractivity contribution in [2.24, 2.45) is 11.7 Å². The molecule has 1 saturated heterocycles. The lowest BCUT2D eigenvalue weighted by atomic mass is 10.1. The minimum absolute atomic E-state index is 0.0605. The van der Waals surface area contributed by atoms with Crippen LogP contribution in [0.4, 0.5) is 0 Å². The van der Waals surface area contributed by atoms with Gasteiger partial charge in [-0.25, -0.2) is 0 Å². The van der Waals surface area contributed by atoms with Gasteiger partial charge in [0.15, 0.2) is 0 Å². The maximum Gasteiger partial charge on any atom is 0.255 e. The molecule has 0 radical (unpaired) electrons. The van der Waals surface area contributed by atoms with Crippen LogP contribution in [0.5, 0.6) is 0 Å². The zero-order valence-corrected chi connectivity index (χ0v) is 13.1. The summed E-state index contributed by atoms with van der Waals surface area (Å²) in [6.07, 6.45) is 0.986. The van der Waals surface area contributed by atoms with E-state index in [4.69, 9.17) is 17.3 Å². The molecule has 0 aromatic heterocycles. The topological polar surface area (TPSA) is 46.3 Å². The second-order valence-electron chi connectivity index (χ2n) is 4.77. The molecule has 1 aromatic carbocycles. The van der Waals surface area contributed by atoms with E-state index in [1.807, 2.05) is 11.0 Å². The molecule has 3 nitrogen and oxygen atoms in total. The van der Waals surface area contributed by atoms with Gasteiger partial charge in [-0.1, -0.05) is 11.6 Å². The van der Waals surface area contributed by atoms with Crippen LogP contribution in [-0.4, -0.2) is 29.9 Å². The molecular formula is C13H16ClIN2O. The lowest BCUT2D eigenvalue weighted by Crippen LogP contribution is -2.34. The summed E-state index contributed by atoms with van der Waals surface area (Å²) >= 11 is 8.14. The highest BCUT2D eigenvalue weighted by Crippen LogP contribution is 2.26. The van der Waals surface area contributed by atoms with Crippen molar-refractivity contribution in [2.75, 3.05) is 13.1 Å². The van der Waals surface area contributed by atoms with Gasteiger partial charge in [0.05, 0.1) is 5.56 Å². The molecule has 2 atom stereocenters. The Morgan fingerprint density at radius 3 is 2.94 bits per heavy atom. The first-order valence-corrected chi connectivity index (χ1v) is 7.44. The molecule has 0 spiro atoms. The zero-order chi connectivity index (χ0) is 13.3. The van der Waals surface area contributed by atoms with Gasteiger partial charge >= 0.3 is 0 Å². The van der Waals surface area contributed by atoms with Crippen LogP contribution in [-0.2, 0) is 0 Å². The second-order valence-corrected chi connectivity index (χ2v) is 6.37. The second kappa shape index (κ2) is 5.75. The summed E-state index contributed by atoms with van der Waals surface area (Å²) < 4.78 is 0.936. The number of nitrogens with two attached hydrogens (primary N) is 1. The van der Waals surface area contributed by atoms with Crippen molar-refractivity contribution in [1.82, 2.24) is 4.90 Å². The van der Waals surface area contributed by atoms with Crippen molar-refractivity contribution in [1.29, 1.82) is 0 Å². The Balaban J connectivity index is 2.24. The van der Waals surface area contributed by atoms with Crippen molar-refractivity contribution >= 4 is 40.1 Å². The smallest absolute Gasteiger partial charge is 0.255 e. The highest BCUT2D eigenvalue weighted by molar-refractivity contribution is 14.1. The Labute approximate surface area is 126 Å². The fourth-order valence-corrected chi connectivity index (χ4v) is 3.15. The Kier molecular flexibility index (Phi) is 4.50. The number of likely N-dealkylation sites (tertiary alicyclic amines) is 1. The lowest BCUT2D eigenvalue weighted by Gasteiger charge is -2.22. The number of nitrogens with zero attached hydrogens (tertiary/aromatic N) is 1. The number of halogens is 2. The summed E-state index contributed by atoms with van der Waals surface area (Å²) in [5, 5.41) is 0.598. The molecule has 1 amide bonds. The van der Waals surface area contributed by atoms with Crippen LogP contribution in [0.25, 0.3) is 0 Å². The standard InChI is InChI=1S/C13H16ClIN2O/c1-8-4-9(6-16)7-17(8)13(18)11-5-10(14)2-3-12(11)15/h2-3,5,8-9H,4,6-7,16H2,1H3. The summed E-state index contributed by atoms with van der Waals surface area (Å²) in [5.41, 5.74) is 6.38. The van der Waals surface area contributed by atoms with Gasteiger partial charge in [0, 0.05) is 21.2 Å². The zero-order valence-electron chi connectivity index (χ0n) is 10.2. The van der Waals surface area contributed by atoms with E-state index >= 15 is 0 Å². The Bertz CT molecular complexity index is 466. The molecule has 2 N–H and O–H groups in total. The van der Waals surface area contributed by atoms with Gasteiger partial charge in [-0.2, -0.15) is 0 Å². The van der Waals surface area contributed by atoms with Crippen LogP contribution >= 0.6 is 34.2 Å². The van der Waals surface area contributed by atoms with E-state index in [1.165, 1.54) is 0 Å². The summed E-state index contributed by atoms with van der Waals surface area (Å²) in [6.45, 7) is 3.46. The third-order valence-corrected chi connectivity index (χ3v) is 4.59. The highest BCUT2D eigenvalue weighted by Gasteiger charge is 2.32. The van der Waals surface area contributed by atoms with Crippen molar-refractivity contribution < 1.29 is 4.79 Å². The molecule has 1 aliphatic heterocycles. The van der Waals surface area contributed by atoms with Gasteiger partial charge in [0.1, 0.15) is 0 Å². The largest absolute Gasteiger partial charge is 0.336 e. The number of carbonyl (C=O) groups is 1. The normalized spacial score (nSPS) is 23.4. The Morgan fingerprint density at radius 1 is 1.61 bits per heavy atom. The van der Waals surface area contributed by atoms with Crippen LogP contribution in [0.15, 0.2) is 18.2 Å². The molecule has 18 heavy (non-hydrogen) atoms. The number of hydrogen-bond donors (Lipinski definition) is 1. The first-order chi connectivity index (χ1) is 8.52. The van der Waals surface area contributed by atoms with Crippen molar-refractivity contribution in [3.05, 3.63) is 32.4 Å². The molecule has 0 bridgehead atoms. The predicted molar refractivity (Wildman–Crippen MR) is 81.8 cm³/mol. The van der Waals surface area contributed by atoms with Gasteiger partial charge in [-0.05, 0) is 66.6 Å². The lowest BCUT2D eigenvalue weighted by molar-refractivity contribution is 0.0742. The SMILES string of the molecule is CC1CC(CN)CN1C(=O)c1cc(Cl)ccc1I. The number of amides is 1. The molecule has 0 aliphatic carbocycles. The fourth-order valence-electron chi connectivity index (χ4n) is 2.41. The molecule has 1 aromatic rings. The van der Waals surface area contributed by atoms with E-state index in [9.17, 15) is 4.79 Å².